The molecule has 0 aromatic heterocycles. The Bertz CT molecular complexity index is 405. The highest BCUT2D eigenvalue weighted by molar-refractivity contribution is 9.09. The lowest BCUT2D eigenvalue weighted by Crippen LogP contribution is -2.57. The van der Waals surface area contributed by atoms with Crippen molar-refractivity contribution in [3.63, 3.8) is 0 Å². The summed E-state index contributed by atoms with van der Waals surface area (Å²) in [6, 6.07) is 0. The Morgan fingerprint density at radius 1 is 0.552 bits per heavy atom. The van der Waals surface area contributed by atoms with Gasteiger partial charge in [0.25, 0.3) is 11.3 Å². The number of hydrogen-bond donors (Lipinski definition) is 0. The van der Waals surface area contributed by atoms with Gasteiger partial charge >= 0.3 is 24.7 Å². The largest absolute Gasteiger partial charge is 0.431 e. The summed E-state index contributed by atoms with van der Waals surface area (Å²) >= 11 is 2.62. The molecule has 0 spiro atoms. The van der Waals surface area contributed by atoms with E-state index in [0.29, 0.717) is 0 Å². The molecule has 0 aromatic rings. The van der Waals surface area contributed by atoms with E-state index in [1.807, 2.05) is 13.8 Å². The molecule has 0 unspecified atom stereocenters. The third-order valence-corrected chi connectivity index (χ3v) is 4.24. The first-order valence-electron chi connectivity index (χ1n) is 7.84. The van der Waals surface area contributed by atoms with E-state index in [0.717, 1.165) is 0 Å². The van der Waals surface area contributed by atoms with Crippen molar-refractivity contribution in [3.05, 3.63) is 0 Å². The fourth-order valence-corrected chi connectivity index (χ4v) is 2.55. The second-order valence-corrected chi connectivity index (χ2v) is 6.49. The average molecular weight is 531 g/mol. The van der Waals surface area contributed by atoms with Gasteiger partial charge in [-0.15, -0.1) is 0 Å². The standard InChI is InChI=1S/C12H11BrF14.C2H6/c13-3-1-2-6(4-7(14,9(16,17)18)10(19,20)21)5-8(15,11(22,23)24)12(25,26)27;1-2/h6H,1-5H2;1-2H3. The van der Waals surface area contributed by atoms with E-state index in [9.17, 15) is 61.5 Å². The molecule has 0 bridgehead atoms. The fourth-order valence-electron chi connectivity index (χ4n) is 2.22. The summed E-state index contributed by atoms with van der Waals surface area (Å²) in [5.41, 5.74) is -12.2. The minimum atomic E-state index is -6.69. The molecule has 0 radical (unpaired) electrons. The van der Waals surface area contributed by atoms with Gasteiger partial charge in [0.1, 0.15) is 0 Å². The maximum atomic E-state index is 13.7. The van der Waals surface area contributed by atoms with Crippen molar-refractivity contribution in [2.75, 3.05) is 5.33 Å². The van der Waals surface area contributed by atoms with Crippen LogP contribution in [-0.2, 0) is 0 Å². The maximum absolute atomic E-state index is 13.7. The maximum Gasteiger partial charge on any atom is 0.431 e. The zero-order valence-electron chi connectivity index (χ0n) is 14.8. The first-order valence-corrected chi connectivity index (χ1v) is 8.97. The van der Waals surface area contributed by atoms with Gasteiger partial charge in [-0.2, -0.15) is 52.7 Å². The van der Waals surface area contributed by atoms with E-state index in [-0.39, 0.29) is 5.33 Å². The molecule has 0 fully saturated rings. The van der Waals surface area contributed by atoms with Crippen molar-refractivity contribution in [1.82, 2.24) is 0 Å². The van der Waals surface area contributed by atoms with E-state index in [1.165, 1.54) is 0 Å². The first kappa shape index (κ1) is 30.7. The number of hydrogen-bond acceptors (Lipinski definition) is 0. The smallest absolute Gasteiger partial charge is 0.224 e. The second kappa shape index (κ2) is 10.2. The highest BCUT2D eigenvalue weighted by atomic mass is 79.9. The Kier molecular flexibility index (Phi) is 10.8. The van der Waals surface area contributed by atoms with Crippen molar-refractivity contribution in [1.29, 1.82) is 0 Å². The molecule has 0 heterocycles. The van der Waals surface area contributed by atoms with Crippen LogP contribution in [0.2, 0.25) is 0 Å². The minimum Gasteiger partial charge on any atom is -0.224 e. The quantitative estimate of drug-likeness (QED) is 0.229. The van der Waals surface area contributed by atoms with Gasteiger partial charge in [0.2, 0.25) is 0 Å². The molecule has 0 atom stereocenters. The highest BCUT2D eigenvalue weighted by Crippen LogP contribution is 2.54. The molecule has 29 heavy (non-hydrogen) atoms. The lowest BCUT2D eigenvalue weighted by atomic mass is 9.80. The number of halogens is 15. The van der Waals surface area contributed by atoms with Gasteiger partial charge in [-0.05, 0) is 18.8 Å². The van der Waals surface area contributed by atoms with E-state index in [4.69, 9.17) is 0 Å². The van der Waals surface area contributed by atoms with Crippen molar-refractivity contribution in [2.45, 2.75) is 75.6 Å². The molecule has 15 heteroatoms. The number of alkyl halides is 15. The van der Waals surface area contributed by atoms with Crippen LogP contribution in [0.25, 0.3) is 0 Å². The molecule has 0 nitrogen and oxygen atoms in total. The van der Waals surface area contributed by atoms with Crippen molar-refractivity contribution in [3.8, 4) is 0 Å². The van der Waals surface area contributed by atoms with Gasteiger partial charge in [-0.25, -0.2) is 8.78 Å². The van der Waals surface area contributed by atoms with Gasteiger partial charge in [-0.3, -0.25) is 0 Å². The SMILES string of the molecule is CC.FC(F)(F)C(F)(CC(CCCBr)CC(F)(C(F)(F)F)C(F)(F)F)C(F)(F)F. The van der Waals surface area contributed by atoms with Crippen molar-refractivity contribution in [2.24, 2.45) is 5.92 Å². The molecule has 0 saturated carbocycles. The molecule has 0 aliphatic heterocycles. The third kappa shape index (κ3) is 7.30. The van der Waals surface area contributed by atoms with Crippen LogP contribution < -0.4 is 0 Å². The predicted molar refractivity (Wildman–Crippen MR) is 79.0 cm³/mol. The second-order valence-electron chi connectivity index (χ2n) is 5.70. The van der Waals surface area contributed by atoms with E-state index >= 15 is 0 Å². The minimum absolute atomic E-state index is 0.252. The molecule has 0 N–H and O–H groups in total. The summed E-state index contributed by atoms with van der Waals surface area (Å²) in [6.45, 7) is 4.00. The van der Waals surface area contributed by atoms with Gasteiger partial charge in [0, 0.05) is 18.2 Å². The van der Waals surface area contributed by atoms with E-state index < -0.39 is 67.6 Å². The van der Waals surface area contributed by atoms with Crippen LogP contribution in [0, 0.1) is 5.92 Å². The van der Waals surface area contributed by atoms with Gasteiger partial charge in [0.15, 0.2) is 0 Å². The fraction of sp³-hybridized carbons (Fsp3) is 1.00. The summed E-state index contributed by atoms with van der Waals surface area (Å²) in [5.74, 6) is -2.87. The summed E-state index contributed by atoms with van der Waals surface area (Å²) in [5, 5.41) is -0.252. The third-order valence-electron chi connectivity index (χ3n) is 3.68. The Balaban J connectivity index is 0. The van der Waals surface area contributed by atoms with Crippen molar-refractivity contribution < 1.29 is 61.5 Å². The van der Waals surface area contributed by atoms with Gasteiger partial charge in [0.05, 0.1) is 0 Å². The Morgan fingerprint density at radius 3 is 0.966 bits per heavy atom. The molecule has 0 aromatic carbocycles. The first-order chi connectivity index (χ1) is 12.6. The average Bonchev–Trinajstić information content (AvgIpc) is 2.49. The zero-order chi connectivity index (χ0) is 24.1. The Hall–Kier alpha value is -0.500. The molecule has 178 valence electrons. The Morgan fingerprint density at radius 2 is 0.793 bits per heavy atom. The van der Waals surface area contributed by atoms with Crippen LogP contribution in [0.4, 0.5) is 61.5 Å². The summed E-state index contributed by atoms with van der Waals surface area (Å²) in [7, 11) is 0. The molecule has 0 aliphatic carbocycles. The van der Waals surface area contributed by atoms with Crippen LogP contribution in [0.5, 0.6) is 0 Å². The summed E-state index contributed by atoms with van der Waals surface area (Å²) in [4.78, 5) is 0. The molecule has 0 saturated heterocycles. The number of rotatable bonds is 7. The molecular formula is C14H17BrF14. The van der Waals surface area contributed by atoms with Crippen LogP contribution >= 0.6 is 15.9 Å². The highest BCUT2D eigenvalue weighted by Gasteiger charge is 2.75. The van der Waals surface area contributed by atoms with Crippen LogP contribution in [0.3, 0.4) is 0 Å². The van der Waals surface area contributed by atoms with E-state index in [2.05, 4.69) is 15.9 Å². The molecular weight excluding hydrogens is 514 g/mol. The Labute approximate surface area is 165 Å². The monoisotopic (exact) mass is 530 g/mol. The van der Waals surface area contributed by atoms with Crippen molar-refractivity contribution >= 4 is 15.9 Å². The topological polar surface area (TPSA) is 0 Å². The van der Waals surface area contributed by atoms with Gasteiger partial charge < -0.3 is 0 Å². The lowest BCUT2D eigenvalue weighted by Gasteiger charge is -2.37. The summed E-state index contributed by atoms with van der Waals surface area (Å²) < 4.78 is 178. The normalized spacial score (nSPS) is 14.7. The lowest BCUT2D eigenvalue weighted by molar-refractivity contribution is -0.356. The van der Waals surface area contributed by atoms with E-state index in [1.54, 1.807) is 0 Å². The molecule has 0 amide bonds. The predicted octanol–water partition coefficient (Wildman–Crippen LogP) is 8.25. The molecule has 0 rings (SSSR count). The van der Waals surface area contributed by atoms with Crippen LogP contribution in [0.15, 0.2) is 0 Å². The molecule has 0 aliphatic rings. The van der Waals surface area contributed by atoms with Crippen LogP contribution in [-0.4, -0.2) is 41.4 Å². The van der Waals surface area contributed by atoms with Gasteiger partial charge in [-0.1, -0.05) is 29.8 Å². The summed E-state index contributed by atoms with van der Waals surface area (Å²) in [6.07, 6.45) is -34.1. The van der Waals surface area contributed by atoms with Crippen LogP contribution in [0.1, 0.15) is 39.5 Å². The zero-order valence-corrected chi connectivity index (χ0v) is 16.4.